The van der Waals surface area contributed by atoms with Gasteiger partial charge in [0.05, 0.1) is 6.10 Å². The fourth-order valence-electron chi connectivity index (χ4n) is 2.55. The van der Waals surface area contributed by atoms with Gasteiger partial charge in [-0.3, -0.25) is 0 Å². The number of benzene rings is 1. The number of hydrogen-bond acceptors (Lipinski definition) is 2. The second-order valence-corrected chi connectivity index (χ2v) is 5.50. The minimum absolute atomic E-state index is 0.378. The average molecular weight is 263 g/mol. The molecular weight excluding hydrogens is 242 g/mol. The Labute approximate surface area is 115 Å². The molecule has 1 aromatic rings. The molecule has 2 nitrogen and oxygen atoms in total. The molecule has 0 amide bonds. The van der Waals surface area contributed by atoms with Crippen LogP contribution >= 0.6 is 12.2 Å². The van der Waals surface area contributed by atoms with Crippen molar-refractivity contribution < 1.29 is 4.74 Å². The molecule has 0 spiro atoms. The molecule has 1 aliphatic carbocycles. The third kappa shape index (κ3) is 3.45. The smallest absolute Gasteiger partial charge is 0.119 e. The lowest BCUT2D eigenvalue weighted by molar-refractivity contribution is 0.130. The fourth-order valence-corrected chi connectivity index (χ4v) is 2.68. The molecule has 18 heavy (non-hydrogen) atoms. The summed E-state index contributed by atoms with van der Waals surface area (Å²) >= 11 is 4.93. The fraction of sp³-hybridized carbons (Fsp3) is 0.533. The Morgan fingerprint density at radius 2 is 1.83 bits per heavy atom. The van der Waals surface area contributed by atoms with Gasteiger partial charge in [-0.05, 0) is 55.9 Å². The van der Waals surface area contributed by atoms with Crippen molar-refractivity contribution in [3.05, 3.63) is 29.8 Å². The Morgan fingerprint density at radius 1 is 1.22 bits per heavy atom. The maximum Gasteiger partial charge on any atom is 0.119 e. The van der Waals surface area contributed by atoms with Gasteiger partial charge in [0.1, 0.15) is 10.7 Å². The molecule has 2 rings (SSSR count). The highest BCUT2D eigenvalue weighted by molar-refractivity contribution is 7.80. The molecule has 1 aliphatic rings. The van der Waals surface area contributed by atoms with Crippen LogP contribution in [0.5, 0.6) is 5.75 Å². The molecule has 0 atom stereocenters. The summed E-state index contributed by atoms with van der Waals surface area (Å²) in [4.78, 5) is 0.435. The number of rotatable bonds is 4. The lowest BCUT2D eigenvalue weighted by Crippen LogP contribution is -2.23. The Kier molecular flexibility index (Phi) is 4.59. The minimum Gasteiger partial charge on any atom is -0.490 e. The molecule has 0 unspecified atom stereocenters. The summed E-state index contributed by atoms with van der Waals surface area (Å²) in [5.41, 5.74) is 6.46. The zero-order valence-electron chi connectivity index (χ0n) is 10.9. The molecule has 0 saturated heterocycles. The van der Waals surface area contributed by atoms with Gasteiger partial charge >= 0.3 is 0 Å². The summed E-state index contributed by atoms with van der Waals surface area (Å²) in [6.45, 7) is 2.28. The van der Waals surface area contributed by atoms with Crippen molar-refractivity contribution in [3.63, 3.8) is 0 Å². The van der Waals surface area contributed by atoms with E-state index in [0.29, 0.717) is 11.1 Å². The van der Waals surface area contributed by atoms with Crippen molar-refractivity contribution in [3.8, 4) is 5.75 Å². The van der Waals surface area contributed by atoms with Crippen molar-refractivity contribution in [1.82, 2.24) is 0 Å². The number of nitrogens with two attached hydrogens (primary N) is 1. The molecule has 0 radical (unpaired) electrons. The molecule has 1 saturated carbocycles. The van der Waals surface area contributed by atoms with Gasteiger partial charge < -0.3 is 10.5 Å². The first-order valence-corrected chi connectivity index (χ1v) is 7.16. The molecule has 1 aromatic carbocycles. The van der Waals surface area contributed by atoms with Crippen LogP contribution < -0.4 is 10.5 Å². The SMILES string of the molecule is CCC1CCC(Oc2ccc(C(N)=S)cc2)CC1. The van der Waals surface area contributed by atoms with Crippen molar-refractivity contribution in [2.24, 2.45) is 11.7 Å². The van der Waals surface area contributed by atoms with Crippen LogP contribution in [0.2, 0.25) is 0 Å². The lowest BCUT2D eigenvalue weighted by atomic mass is 9.86. The van der Waals surface area contributed by atoms with Crippen LogP contribution in [0.15, 0.2) is 24.3 Å². The topological polar surface area (TPSA) is 35.2 Å². The molecule has 0 aliphatic heterocycles. The predicted octanol–water partition coefficient (Wildman–Crippen LogP) is 3.67. The van der Waals surface area contributed by atoms with E-state index in [1.807, 2.05) is 24.3 Å². The zero-order valence-corrected chi connectivity index (χ0v) is 11.7. The monoisotopic (exact) mass is 263 g/mol. The Balaban J connectivity index is 1.88. The van der Waals surface area contributed by atoms with Gasteiger partial charge in [-0.15, -0.1) is 0 Å². The maximum absolute atomic E-state index is 6.00. The van der Waals surface area contributed by atoms with Gasteiger partial charge in [0.2, 0.25) is 0 Å². The summed E-state index contributed by atoms with van der Waals surface area (Å²) in [5, 5.41) is 0. The van der Waals surface area contributed by atoms with Gasteiger partial charge in [-0.25, -0.2) is 0 Å². The molecule has 3 heteroatoms. The van der Waals surface area contributed by atoms with E-state index in [-0.39, 0.29) is 0 Å². The van der Waals surface area contributed by atoms with Crippen LogP contribution in [0, 0.1) is 5.92 Å². The summed E-state index contributed by atoms with van der Waals surface area (Å²) in [5.74, 6) is 1.83. The van der Waals surface area contributed by atoms with Crippen LogP contribution in [-0.2, 0) is 0 Å². The van der Waals surface area contributed by atoms with Gasteiger partial charge in [-0.2, -0.15) is 0 Å². The summed E-state index contributed by atoms with van der Waals surface area (Å²) < 4.78 is 6.00. The van der Waals surface area contributed by atoms with Crippen molar-refractivity contribution in [2.75, 3.05) is 0 Å². The van der Waals surface area contributed by atoms with Crippen molar-refractivity contribution in [1.29, 1.82) is 0 Å². The van der Waals surface area contributed by atoms with E-state index in [1.54, 1.807) is 0 Å². The van der Waals surface area contributed by atoms with Crippen molar-refractivity contribution in [2.45, 2.75) is 45.1 Å². The molecular formula is C15H21NOS. The van der Waals surface area contributed by atoms with Crippen LogP contribution in [0.4, 0.5) is 0 Å². The maximum atomic E-state index is 6.00. The molecule has 0 heterocycles. The highest BCUT2D eigenvalue weighted by Crippen LogP contribution is 2.29. The lowest BCUT2D eigenvalue weighted by Gasteiger charge is -2.28. The Hall–Kier alpha value is -1.09. The van der Waals surface area contributed by atoms with Gasteiger partial charge in [0, 0.05) is 5.56 Å². The van der Waals surface area contributed by atoms with E-state index in [0.717, 1.165) is 17.2 Å². The highest BCUT2D eigenvalue weighted by atomic mass is 32.1. The first-order chi connectivity index (χ1) is 8.69. The standard InChI is InChI=1S/C15H21NOS/c1-2-11-3-7-13(8-4-11)17-14-9-5-12(6-10-14)15(16)18/h5-6,9-11,13H,2-4,7-8H2,1H3,(H2,16,18). The Bertz CT molecular complexity index is 393. The van der Waals surface area contributed by atoms with Crippen molar-refractivity contribution >= 4 is 17.2 Å². The van der Waals surface area contributed by atoms with E-state index in [2.05, 4.69) is 6.92 Å². The third-order valence-electron chi connectivity index (χ3n) is 3.81. The largest absolute Gasteiger partial charge is 0.490 e. The van der Waals surface area contributed by atoms with Gasteiger partial charge in [0.25, 0.3) is 0 Å². The highest BCUT2D eigenvalue weighted by Gasteiger charge is 2.21. The number of hydrogen-bond donors (Lipinski definition) is 1. The number of ether oxygens (including phenoxy) is 1. The average Bonchev–Trinajstić information content (AvgIpc) is 2.40. The van der Waals surface area contributed by atoms with Crippen LogP contribution in [0.25, 0.3) is 0 Å². The molecule has 0 bridgehead atoms. The summed E-state index contributed by atoms with van der Waals surface area (Å²) in [6.07, 6.45) is 6.63. The quantitative estimate of drug-likeness (QED) is 0.842. The molecule has 2 N–H and O–H groups in total. The minimum atomic E-state index is 0.378. The van der Waals surface area contributed by atoms with Gasteiger partial charge in [0.15, 0.2) is 0 Å². The van der Waals surface area contributed by atoms with Crippen LogP contribution in [0.3, 0.4) is 0 Å². The molecule has 0 aromatic heterocycles. The van der Waals surface area contributed by atoms with E-state index in [1.165, 1.54) is 32.1 Å². The second kappa shape index (κ2) is 6.19. The van der Waals surface area contributed by atoms with E-state index in [9.17, 15) is 0 Å². The first kappa shape index (κ1) is 13.3. The Morgan fingerprint density at radius 3 is 2.33 bits per heavy atom. The second-order valence-electron chi connectivity index (χ2n) is 5.06. The van der Waals surface area contributed by atoms with Crippen LogP contribution in [0.1, 0.15) is 44.6 Å². The normalized spacial score (nSPS) is 23.6. The molecule has 98 valence electrons. The van der Waals surface area contributed by atoms with E-state index >= 15 is 0 Å². The zero-order chi connectivity index (χ0) is 13.0. The van der Waals surface area contributed by atoms with E-state index < -0.39 is 0 Å². The predicted molar refractivity (Wildman–Crippen MR) is 79.0 cm³/mol. The summed E-state index contributed by atoms with van der Waals surface area (Å²) in [7, 11) is 0. The van der Waals surface area contributed by atoms with E-state index in [4.69, 9.17) is 22.7 Å². The van der Waals surface area contributed by atoms with Gasteiger partial charge in [-0.1, -0.05) is 25.6 Å². The molecule has 1 fully saturated rings. The van der Waals surface area contributed by atoms with Crippen LogP contribution in [-0.4, -0.2) is 11.1 Å². The summed E-state index contributed by atoms with van der Waals surface area (Å²) in [6, 6.07) is 7.77. The first-order valence-electron chi connectivity index (χ1n) is 6.75. The number of thiocarbonyl (C=S) groups is 1. The third-order valence-corrected chi connectivity index (χ3v) is 4.05.